The van der Waals surface area contributed by atoms with Gasteiger partial charge in [-0.05, 0) is 18.9 Å². The van der Waals surface area contributed by atoms with Crippen LogP contribution >= 0.6 is 0 Å². The standard InChI is InChI=1S/C21H32N4O3/c1-16-6-8-18(9-7-16)19(22-17(2)26)14-20(27)25-11-5-10-24(12-13-25)15-21(28)23(3)4/h6-9,19H,5,10-15H2,1-4H3,(H,22,26). The summed E-state index contributed by atoms with van der Waals surface area (Å²) in [5.41, 5.74) is 2.07. The second kappa shape index (κ2) is 10.2. The number of amides is 3. The molecule has 1 aromatic rings. The van der Waals surface area contributed by atoms with Gasteiger partial charge in [0.2, 0.25) is 17.7 Å². The molecule has 154 valence electrons. The fraction of sp³-hybridized carbons (Fsp3) is 0.571. The van der Waals surface area contributed by atoms with Gasteiger partial charge in [-0.15, -0.1) is 0 Å². The Morgan fingerprint density at radius 3 is 2.36 bits per heavy atom. The zero-order valence-corrected chi connectivity index (χ0v) is 17.4. The molecule has 7 heteroatoms. The van der Waals surface area contributed by atoms with Crippen LogP contribution < -0.4 is 5.32 Å². The molecule has 1 N–H and O–H groups in total. The molecule has 1 saturated heterocycles. The van der Waals surface area contributed by atoms with Crippen LogP contribution in [0.1, 0.15) is 36.9 Å². The van der Waals surface area contributed by atoms with Crippen LogP contribution in [0.15, 0.2) is 24.3 Å². The molecule has 28 heavy (non-hydrogen) atoms. The predicted molar refractivity (Wildman–Crippen MR) is 109 cm³/mol. The number of hydrogen-bond donors (Lipinski definition) is 1. The van der Waals surface area contributed by atoms with Gasteiger partial charge in [0, 0.05) is 47.2 Å². The van der Waals surface area contributed by atoms with Crippen molar-refractivity contribution in [1.82, 2.24) is 20.0 Å². The van der Waals surface area contributed by atoms with E-state index in [1.165, 1.54) is 6.92 Å². The van der Waals surface area contributed by atoms with Crippen LogP contribution in [-0.4, -0.2) is 79.2 Å². The van der Waals surface area contributed by atoms with Crippen molar-refractivity contribution in [3.8, 4) is 0 Å². The summed E-state index contributed by atoms with van der Waals surface area (Å²) in [5, 5.41) is 2.90. The van der Waals surface area contributed by atoms with Crippen molar-refractivity contribution in [3.05, 3.63) is 35.4 Å². The van der Waals surface area contributed by atoms with Crippen LogP contribution in [0.5, 0.6) is 0 Å². The van der Waals surface area contributed by atoms with Crippen LogP contribution in [0.2, 0.25) is 0 Å². The average Bonchev–Trinajstić information content (AvgIpc) is 2.87. The Labute approximate surface area is 167 Å². The van der Waals surface area contributed by atoms with E-state index < -0.39 is 0 Å². The monoisotopic (exact) mass is 388 g/mol. The van der Waals surface area contributed by atoms with Crippen LogP contribution in [0.25, 0.3) is 0 Å². The molecule has 0 aromatic heterocycles. The smallest absolute Gasteiger partial charge is 0.236 e. The van der Waals surface area contributed by atoms with E-state index in [4.69, 9.17) is 0 Å². The van der Waals surface area contributed by atoms with E-state index in [9.17, 15) is 14.4 Å². The van der Waals surface area contributed by atoms with Gasteiger partial charge < -0.3 is 15.1 Å². The highest BCUT2D eigenvalue weighted by Gasteiger charge is 2.24. The number of aryl methyl sites for hydroxylation is 1. The Morgan fingerprint density at radius 2 is 1.75 bits per heavy atom. The molecular formula is C21H32N4O3. The topological polar surface area (TPSA) is 73.0 Å². The zero-order valence-electron chi connectivity index (χ0n) is 17.4. The van der Waals surface area contributed by atoms with Gasteiger partial charge in [0.1, 0.15) is 0 Å². The Kier molecular flexibility index (Phi) is 7.99. The van der Waals surface area contributed by atoms with Gasteiger partial charge in [0.05, 0.1) is 19.0 Å². The van der Waals surface area contributed by atoms with Crippen LogP contribution in [0.3, 0.4) is 0 Å². The number of hydrogen-bond acceptors (Lipinski definition) is 4. The second-order valence-corrected chi connectivity index (χ2v) is 7.67. The Morgan fingerprint density at radius 1 is 1.07 bits per heavy atom. The first-order valence-corrected chi connectivity index (χ1v) is 9.80. The van der Waals surface area contributed by atoms with Gasteiger partial charge in [-0.3, -0.25) is 19.3 Å². The van der Waals surface area contributed by atoms with E-state index in [1.807, 2.05) is 36.1 Å². The fourth-order valence-corrected chi connectivity index (χ4v) is 3.31. The quantitative estimate of drug-likeness (QED) is 0.794. The normalized spacial score (nSPS) is 16.2. The highest BCUT2D eigenvalue weighted by molar-refractivity contribution is 5.79. The molecule has 0 bridgehead atoms. The molecule has 7 nitrogen and oxygen atoms in total. The Bertz CT molecular complexity index is 687. The zero-order chi connectivity index (χ0) is 20.7. The largest absolute Gasteiger partial charge is 0.349 e. The SMILES string of the molecule is CC(=O)NC(CC(=O)N1CCCN(CC(=O)N(C)C)CC1)c1ccc(C)cc1. The highest BCUT2D eigenvalue weighted by atomic mass is 16.2. The number of carbonyl (C=O) groups excluding carboxylic acids is 3. The Hall–Kier alpha value is -2.41. The summed E-state index contributed by atoms with van der Waals surface area (Å²) in [6, 6.07) is 7.56. The van der Waals surface area contributed by atoms with Crippen molar-refractivity contribution in [2.24, 2.45) is 0 Å². The van der Waals surface area contributed by atoms with Crippen molar-refractivity contribution in [1.29, 1.82) is 0 Å². The molecule has 1 heterocycles. The number of rotatable bonds is 6. The molecule has 2 rings (SSSR count). The summed E-state index contributed by atoms with van der Waals surface area (Å²) < 4.78 is 0. The number of likely N-dealkylation sites (N-methyl/N-ethyl adjacent to an activating group) is 1. The van der Waals surface area contributed by atoms with Gasteiger partial charge in [-0.2, -0.15) is 0 Å². The lowest BCUT2D eigenvalue weighted by Gasteiger charge is -2.25. The Balaban J connectivity index is 1.98. The van der Waals surface area contributed by atoms with E-state index in [0.717, 1.165) is 24.1 Å². The summed E-state index contributed by atoms with van der Waals surface area (Å²) in [6.45, 7) is 6.61. The molecule has 1 unspecified atom stereocenters. The summed E-state index contributed by atoms with van der Waals surface area (Å²) in [4.78, 5) is 42.0. The number of benzene rings is 1. The molecule has 1 aliphatic rings. The van der Waals surface area contributed by atoms with Gasteiger partial charge in [-0.1, -0.05) is 29.8 Å². The lowest BCUT2D eigenvalue weighted by molar-refractivity contribution is -0.131. The van der Waals surface area contributed by atoms with Crippen LogP contribution in [0.4, 0.5) is 0 Å². The first-order chi connectivity index (χ1) is 13.3. The number of nitrogens with zero attached hydrogens (tertiary/aromatic N) is 3. The number of carbonyl (C=O) groups is 3. The van der Waals surface area contributed by atoms with Crippen LogP contribution in [0, 0.1) is 6.92 Å². The molecule has 0 radical (unpaired) electrons. The van der Waals surface area contributed by atoms with Gasteiger partial charge in [0.25, 0.3) is 0 Å². The molecule has 0 spiro atoms. The molecule has 1 aromatic carbocycles. The molecule has 1 atom stereocenters. The van der Waals surface area contributed by atoms with Gasteiger partial charge in [-0.25, -0.2) is 0 Å². The fourth-order valence-electron chi connectivity index (χ4n) is 3.31. The minimum Gasteiger partial charge on any atom is -0.349 e. The number of nitrogens with one attached hydrogen (secondary N) is 1. The first kappa shape index (κ1) is 21.9. The van der Waals surface area contributed by atoms with Crippen molar-refractivity contribution in [3.63, 3.8) is 0 Å². The summed E-state index contributed by atoms with van der Waals surface area (Å²) in [6.07, 6.45) is 1.07. The van der Waals surface area contributed by atoms with E-state index in [1.54, 1.807) is 19.0 Å². The summed E-state index contributed by atoms with van der Waals surface area (Å²) >= 11 is 0. The molecular weight excluding hydrogens is 356 g/mol. The van der Waals surface area contributed by atoms with E-state index >= 15 is 0 Å². The maximum absolute atomic E-state index is 12.9. The predicted octanol–water partition coefficient (Wildman–Crippen LogP) is 1.18. The maximum atomic E-state index is 12.9. The van der Waals surface area contributed by atoms with Crippen molar-refractivity contribution in [2.75, 3.05) is 46.8 Å². The molecule has 1 aliphatic heterocycles. The van der Waals surface area contributed by atoms with Gasteiger partial charge in [0.15, 0.2) is 0 Å². The highest BCUT2D eigenvalue weighted by Crippen LogP contribution is 2.19. The van der Waals surface area contributed by atoms with E-state index in [2.05, 4.69) is 10.2 Å². The van der Waals surface area contributed by atoms with Gasteiger partial charge >= 0.3 is 0 Å². The molecule has 3 amide bonds. The van der Waals surface area contributed by atoms with Crippen molar-refractivity contribution < 1.29 is 14.4 Å². The van der Waals surface area contributed by atoms with Crippen LogP contribution in [-0.2, 0) is 14.4 Å². The molecule has 0 aliphatic carbocycles. The first-order valence-electron chi connectivity index (χ1n) is 9.80. The van der Waals surface area contributed by atoms with Crippen molar-refractivity contribution in [2.45, 2.75) is 32.7 Å². The third-order valence-electron chi connectivity index (χ3n) is 5.03. The van der Waals surface area contributed by atoms with E-state index in [0.29, 0.717) is 26.2 Å². The minimum absolute atomic E-state index is 0.0279. The minimum atomic E-state index is -0.333. The van der Waals surface area contributed by atoms with E-state index in [-0.39, 0.29) is 30.2 Å². The third-order valence-corrected chi connectivity index (χ3v) is 5.03. The molecule has 0 saturated carbocycles. The lowest BCUT2D eigenvalue weighted by Crippen LogP contribution is -2.40. The average molecular weight is 389 g/mol. The summed E-state index contributed by atoms with van der Waals surface area (Å²) in [5.74, 6) is -0.0485. The third kappa shape index (κ3) is 6.64. The maximum Gasteiger partial charge on any atom is 0.236 e. The van der Waals surface area contributed by atoms with Crippen molar-refractivity contribution >= 4 is 17.7 Å². The lowest BCUT2D eigenvalue weighted by atomic mass is 10.0. The molecule has 1 fully saturated rings. The summed E-state index contributed by atoms with van der Waals surface area (Å²) in [7, 11) is 3.51. The second-order valence-electron chi connectivity index (χ2n) is 7.67.